The summed E-state index contributed by atoms with van der Waals surface area (Å²) in [4.78, 5) is 0.795. The van der Waals surface area contributed by atoms with Crippen molar-refractivity contribution in [2.24, 2.45) is 0 Å². The van der Waals surface area contributed by atoms with E-state index < -0.39 is 0 Å². The molecule has 5 heteroatoms. The van der Waals surface area contributed by atoms with Gasteiger partial charge in [0, 0.05) is 4.88 Å². The molecule has 2 rings (SSSR count). The molecular weight excluding hydrogens is 243 g/mol. The number of rotatable bonds is 1. The number of fused-ring (bicyclic) bond motifs is 1. The molecule has 0 fully saturated rings. The molecule has 2 aromatic rings. The van der Waals surface area contributed by atoms with Crippen LogP contribution in [0.3, 0.4) is 0 Å². The van der Waals surface area contributed by atoms with Crippen molar-refractivity contribution in [1.82, 2.24) is 0 Å². The first kappa shape index (κ1) is 10.1. The van der Waals surface area contributed by atoms with E-state index in [1.807, 2.05) is 0 Å². The molecule has 74 valence electrons. The number of phenols is 1. The maximum atomic E-state index is 9.41. The normalized spacial score (nSPS) is 11.1. The summed E-state index contributed by atoms with van der Waals surface area (Å²) in [5, 5.41) is 19.6. The monoisotopic (exact) mass is 248 g/mol. The smallest absolute Gasteiger partial charge is 0.136 e. The molecule has 0 radical (unpaired) electrons. The molecule has 0 saturated heterocycles. The second-order valence-electron chi connectivity index (χ2n) is 2.81. The summed E-state index contributed by atoms with van der Waals surface area (Å²) in [6.07, 6.45) is 0. The fourth-order valence-corrected chi connectivity index (χ4v) is 2.70. The van der Waals surface area contributed by atoms with Gasteiger partial charge < -0.3 is 10.2 Å². The first-order valence-corrected chi connectivity index (χ1v) is 5.41. The molecule has 1 aromatic carbocycles. The van der Waals surface area contributed by atoms with Crippen LogP contribution in [-0.4, -0.2) is 10.2 Å². The minimum Gasteiger partial charge on any atom is -0.506 e. The summed E-state index contributed by atoms with van der Waals surface area (Å²) < 4.78 is 0.790. The lowest BCUT2D eigenvalue weighted by atomic mass is 10.2. The largest absolute Gasteiger partial charge is 0.506 e. The zero-order chi connectivity index (χ0) is 10.3. The predicted octanol–water partition coefficient (Wildman–Crippen LogP) is 3.41. The Morgan fingerprint density at radius 1 is 1.21 bits per heavy atom. The van der Waals surface area contributed by atoms with E-state index in [2.05, 4.69) is 0 Å². The Kier molecular flexibility index (Phi) is 2.58. The standard InChI is InChI=1S/C9H6Cl2O2S/c10-7-6(13)2-4-1-5(3-12)14-9(4)8(7)11/h1-2,12-13H,3H2. The number of aliphatic hydroxyl groups is 1. The van der Waals surface area contributed by atoms with E-state index in [-0.39, 0.29) is 17.4 Å². The van der Waals surface area contributed by atoms with Crippen molar-refractivity contribution in [2.75, 3.05) is 0 Å². The van der Waals surface area contributed by atoms with Crippen molar-refractivity contribution in [1.29, 1.82) is 0 Å². The lowest BCUT2D eigenvalue weighted by Crippen LogP contribution is -1.71. The van der Waals surface area contributed by atoms with Crippen LogP contribution in [0.1, 0.15) is 4.88 Å². The number of benzene rings is 1. The number of phenolic OH excluding ortho intramolecular Hbond substituents is 1. The molecule has 0 aliphatic heterocycles. The highest BCUT2D eigenvalue weighted by Gasteiger charge is 2.12. The van der Waals surface area contributed by atoms with Crippen LogP contribution in [0.2, 0.25) is 10.0 Å². The van der Waals surface area contributed by atoms with Crippen molar-refractivity contribution in [3.8, 4) is 5.75 Å². The van der Waals surface area contributed by atoms with Crippen LogP contribution in [0.25, 0.3) is 10.1 Å². The lowest BCUT2D eigenvalue weighted by Gasteiger charge is -1.99. The Hall–Kier alpha value is -0.480. The minimum absolute atomic E-state index is 0.0337. The minimum atomic E-state index is -0.0357. The first-order chi connectivity index (χ1) is 6.63. The van der Waals surface area contributed by atoms with Crippen LogP contribution < -0.4 is 0 Å². The first-order valence-electron chi connectivity index (χ1n) is 3.83. The number of aliphatic hydroxyl groups excluding tert-OH is 1. The summed E-state index contributed by atoms with van der Waals surface area (Å²) in [5.41, 5.74) is 0. The van der Waals surface area contributed by atoms with Crippen molar-refractivity contribution < 1.29 is 10.2 Å². The molecule has 14 heavy (non-hydrogen) atoms. The van der Waals surface area contributed by atoms with Crippen LogP contribution in [0.5, 0.6) is 5.75 Å². The van der Waals surface area contributed by atoms with Crippen molar-refractivity contribution in [3.63, 3.8) is 0 Å². The van der Waals surface area contributed by atoms with E-state index in [1.54, 1.807) is 12.1 Å². The van der Waals surface area contributed by atoms with Crippen molar-refractivity contribution >= 4 is 44.6 Å². The molecule has 0 saturated carbocycles. The number of aromatic hydroxyl groups is 1. The van der Waals surface area contributed by atoms with Gasteiger partial charge in [-0.25, -0.2) is 0 Å². The zero-order valence-electron chi connectivity index (χ0n) is 6.92. The molecule has 1 aromatic heterocycles. The molecule has 2 nitrogen and oxygen atoms in total. The highest BCUT2D eigenvalue weighted by Crippen LogP contribution is 2.41. The molecule has 0 amide bonds. The average Bonchev–Trinajstić information content (AvgIpc) is 2.57. The van der Waals surface area contributed by atoms with E-state index in [1.165, 1.54) is 11.3 Å². The van der Waals surface area contributed by atoms with E-state index >= 15 is 0 Å². The average molecular weight is 249 g/mol. The van der Waals surface area contributed by atoms with Gasteiger partial charge in [-0.2, -0.15) is 0 Å². The van der Waals surface area contributed by atoms with E-state index in [0.717, 1.165) is 15.0 Å². The van der Waals surface area contributed by atoms with E-state index in [9.17, 15) is 5.11 Å². The van der Waals surface area contributed by atoms with Crippen LogP contribution in [-0.2, 0) is 6.61 Å². The van der Waals surface area contributed by atoms with Crippen LogP contribution in [0.15, 0.2) is 12.1 Å². The molecule has 0 unspecified atom stereocenters. The van der Waals surface area contributed by atoms with Crippen molar-refractivity contribution in [2.45, 2.75) is 6.61 Å². The molecule has 2 N–H and O–H groups in total. The highest BCUT2D eigenvalue weighted by atomic mass is 35.5. The lowest BCUT2D eigenvalue weighted by molar-refractivity contribution is 0.285. The number of halogens is 2. The van der Waals surface area contributed by atoms with Crippen LogP contribution in [0.4, 0.5) is 0 Å². The SMILES string of the molecule is OCc1cc2cc(O)c(Cl)c(Cl)c2s1. The molecule has 0 aliphatic rings. The summed E-state index contributed by atoms with van der Waals surface area (Å²) in [5.74, 6) is -0.0357. The zero-order valence-corrected chi connectivity index (χ0v) is 9.25. The molecule has 0 bridgehead atoms. The van der Waals surface area contributed by atoms with Gasteiger partial charge in [-0.3, -0.25) is 0 Å². The maximum Gasteiger partial charge on any atom is 0.136 e. The Bertz CT molecular complexity index is 493. The molecule has 0 spiro atoms. The summed E-state index contributed by atoms with van der Waals surface area (Å²) in [7, 11) is 0. The van der Waals surface area contributed by atoms with Gasteiger partial charge in [0.1, 0.15) is 10.8 Å². The molecule has 0 aliphatic carbocycles. The fraction of sp³-hybridized carbons (Fsp3) is 0.111. The van der Waals surface area contributed by atoms with Crippen molar-refractivity contribution in [3.05, 3.63) is 27.1 Å². The second-order valence-corrected chi connectivity index (χ2v) is 4.71. The van der Waals surface area contributed by atoms with E-state index in [0.29, 0.717) is 5.02 Å². The molecular formula is C9H6Cl2O2S. The summed E-state index contributed by atoms with van der Waals surface area (Å²) in [6, 6.07) is 3.32. The number of hydrogen-bond acceptors (Lipinski definition) is 3. The Labute approximate surface area is 94.3 Å². The highest BCUT2D eigenvalue weighted by molar-refractivity contribution is 7.19. The predicted molar refractivity (Wildman–Crippen MR) is 59.4 cm³/mol. The maximum absolute atomic E-state index is 9.41. The Balaban J connectivity index is 2.81. The molecule has 1 heterocycles. The number of hydrogen-bond donors (Lipinski definition) is 2. The van der Waals surface area contributed by atoms with Gasteiger partial charge in [-0.05, 0) is 17.5 Å². The Morgan fingerprint density at radius 2 is 1.93 bits per heavy atom. The topological polar surface area (TPSA) is 40.5 Å². The summed E-state index contributed by atoms with van der Waals surface area (Å²) >= 11 is 13.1. The third kappa shape index (κ3) is 1.46. The van der Waals surface area contributed by atoms with Gasteiger partial charge in [-0.15, -0.1) is 11.3 Å². The fourth-order valence-electron chi connectivity index (χ4n) is 1.24. The van der Waals surface area contributed by atoms with Gasteiger partial charge in [0.15, 0.2) is 0 Å². The van der Waals surface area contributed by atoms with Gasteiger partial charge in [0.2, 0.25) is 0 Å². The van der Waals surface area contributed by atoms with Crippen LogP contribution >= 0.6 is 34.5 Å². The van der Waals surface area contributed by atoms with Gasteiger partial charge in [-0.1, -0.05) is 23.2 Å². The quantitative estimate of drug-likeness (QED) is 0.813. The Morgan fingerprint density at radius 3 is 2.57 bits per heavy atom. The third-order valence-corrected chi connectivity index (χ3v) is 4.00. The summed E-state index contributed by atoms with van der Waals surface area (Å²) in [6.45, 7) is -0.0337. The van der Waals surface area contributed by atoms with Gasteiger partial charge in [0.05, 0.1) is 16.3 Å². The van der Waals surface area contributed by atoms with E-state index in [4.69, 9.17) is 28.3 Å². The molecule has 0 atom stereocenters. The van der Waals surface area contributed by atoms with Crippen LogP contribution in [0, 0.1) is 0 Å². The van der Waals surface area contributed by atoms with Gasteiger partial charge in [0.25, 0.3) is 0 Å². The second kappa shape index (κ2) is 3.59. The van der Waals surface area contributed by atoms with Gasteiger partial charge >= 0.3 is 0 Å². The third-order valence-electron chi connectivity index (χ3n) is 1.88. The number of thiophene rings is 1.